The van der Waals surface area contributed by atoms with E-state index in [9.17, 15) is 41.5 Å². The second-order valence-corrected chi connectivity index (χ2v) is 11.9. The number of ketones is 1. The highest BCUT2D eigenvalue weighted by atomic mass is 19.4. The Labute approximate surface area is 293 Å². The van der Waals surface area contributed by atoms with E-state index in [1.165, 1.54) is 24.3 Å². The van der Waals surface area contributed by atoms with E-state index in [0.717, 1.165) is 28.2 Å². The van der Waals surface area contributed by atoms with Gasteiger partial charge < -0.3 is 25.6 Å². The Morgan fingerprint density at radius 1 is 0.824 bits per heavy atom. The first-order valence-electron chi connectivity index (χ1n) is 16.5. The molecule has 0 unspecified atom stereocenters. The highest BCUT2D eigenvalue weighted by Gasteiger charge is 2.30. The number of carbonyl (C=O) groups is 5. The van der Waals surface area contributed by atoms with Crippen LogP contribution in [0, 0.1) is 12.7 Å². The van der Waals surface area contributed by atoms with Crippen molar-refractivity contribution < 1.29 is 46.3 Å². The molecule has 3 N–H and O–H groups in total. The number of alkyl halides is 3. The maximum absolute atomic E-state index is 13.3. The molecular formula is C37H42F4N4O6. The lowest BCUT2D eigenvalue weighted by atomic mass is 10.0. The number of unbranched alkanes of at least 4 members (excludes halogenated alkanes) is 1. The van der Waals surface area contributed by atoms with E-state index in [1.807, 2.05) is 13.0 Å². The molecule has 0 aliphatic rings. The van der Waals surface area contributed by atoms with Gasteiger partial charge in [0.1, 0.15) is 25.5 Å². The molecule has 0 fully saturated rings. The summed E-state index contributed by atoms with van der Waals surface area (Å²) in [5, 5.41) is 7.95. The fraction of sp³-hybridized carbons (Fsp3) is 0.378. The third-order valence-electron chi connectivity index (χ3n) is 7.79. The molecule has 4 amide bonds. The number of nitrogens with zero attached hydrogens (tertiary/aromatic N) is 1. The molecule has 0 heterocycles. The van der Waals surface area contributed by atoms with Crippen molar-refractivity contribution in [3.8, 4) is 0 Å². The molecule has 3 rings (SSSR count). The Morgan fingerprint density at radius 2 is 1.45 bits per heavy atom. The first-order chi connectivity index (χ1) is 24.2. The van der Waals surface area contributed by atoms with Crippen LogP contribution in [0.1, 0.15) is 65.2 Å². The maximum atomic E-state index is 13.3. The van der Waals surface area contributed by atoms with Crippen LogP contribution in [0.3, 0.4) is 0 Å². The minimum Gasteiger partial charge on any atom is -0.445 e. The van der Waals surface area contributed by atoms with Crippen LogP contribution in [-0.4, -0.2) is 66.7 Å². The molecule has 1 atom stereocenters. The highest BCUT2D eigenvalue weighted by Crippen LogP contribution is 2.29. The van der Waals surface area contributed by atoms with E-state index in [1.54, 1.807) is 37.3 Å². The number of hydrogen-bond donors (Lipinski definition) is 3. The standard InChI is InChI=1S/C37H42F4N4O6/c1-3-32(46)31(44-36(50)51-24-27-10-14-29(15-11-27)37(39,40)41)9-4-5-19-42-33(47)22-45(35(49)28-8-6-7-25(2)21-28)23-34(48)43-20-18-26-12-16-30(38)17-13-26/h6-8,10-17,21,31H,3-5,9,18-20,22-24H2,1-2H3,(H,42,47)(H,43,48)(H,44,50)/t31-/m0/s1. The van der Waals surface area contributed by atoms with E-state index >= 15 is 0 Å². The third-order valence-corrected chi connectivity index (χ3v) is 7.79. The van der Waals surface area contributed by atoms with E-state index in [4.69, 9.17) is 4.74 Å². The summed E-state index contributed by atoms with van der Waals surface area (Å²) < 4.78 is 56.6. The first kappa shape index (κ1) is 40.2. The summed E-state index contributed by atoms with van der Waals surface area (Å²) in [6, 6.07) is 16.0. The summed E-state index contributed by atoms with van der Waals surface area (Å²) in [5.41, 5.74) is 1.48. The number of alkyl carbamates (subject to hydrolysis) is 1. The summed E-state index contributed by atoms with van der Waals surface area (Å²) in [6.45, 7) is 2.85. The molecule has 0 bridgehead atoms. The van der Waals surface area contributed by atoms with Crippen molar-refractivity contribution in [3.63, 3.8) is 0 Å². The predicted octanol–water partition coefficient (Wildman–Crippen LogP) is 5.51. The fourth-order valence-electron chi connectivity index (χ4n) is 5.00. The summed E-state index contributed by atoms with van der Waals surface area (Å²) in [7, 11) is 0. The van der Waals surface area contributed by atoms with Crippen LogP contribution in [-0.2, 0) is 38.3 Å². The summed E-state index contributed by atoms with van der Waals surface area (Å²) in [4.78, 5) is 64.9. The first-order valence-corrected chi connectivity index (χ1v) is 16.5. The van der Waals surface area contributed by atoms with Gasteiger partial charge in [0.2, 0.25) is 11.8 Å². The predicted molar refractivity (Wildman–Crippen MR) is 181 cm³/mol. The topological polar surface area (TPSA) is 134 Å². The molecule has 0 saturated heterocycles. The molecule has 51 heavy (non-hydrogen) atoms. The van der Waals surface area contributed by atoms with Gasteiger partial charge in [0.15, 0.2) is 5.78 Å². The quantitative estimate of drug-likeness (QED) is 0.118. The molecule has 0 saturated carbocycles. The Balaban J connectivity index is 1.46. The van der Waals surface area contributed by atoms with Crippen LogP contribution < -0.4 is 16.0 Å². The van der Waals surface area contributed by atoms with Crippen molar-refractivity contribution in [2.24, 2.45) is 0 Å². The Hall–Kier alpha value is -5.27. The smallest absolute Gasteiger partial charge is 0.416 e. The van der Waals surface area contributed by atoms with Gasteiger partial charge in [-0.25, -0.2) is 9.18 Å². The largest absolute Gasteiger partial charge is 0.445 e. The van der Waals surface area contributed by atoms with Crippen molar-refractivity contribution in [3.05, 3.63) is 106 Å². The zero-order chi connectivity index (χ0) is 37.4. The minimum atomic E-state index is -4.49. The minimum absolute atomic E-state index is 0.144. The molecule has 3 aromatic rings. The molecule has 3 aromatic carbocycles. The zero-order valence-corrected chi connectivity index (χ0v) is 28.5. The van der Waals surface area contributed by atoms with Gasteiger partial charge in [-0.2, -0.15) is 13.2 Å². The molecule has 0 aliphatic heterocycles. The average Bonchev–Trinajstić information content (AvgIpc) is 3.09. The van der Waals surface area contributed by atoms with Crippen LogP contribution >= 0.6 is 0 Å². The van der Waals surface area contributed by atoms with Crippen molar-refractivity contribution in [1.82, 2.24) is 20.9 Å². The second kappa shape index (κ2) is 19.8. The van der Waals surface area contributed by atoms with Crippen LogP contribution in [0.2, 0.25) is 0 Å². The van der Waals surface area contributed by atoms with Crippen LogP contribution in [0.4, 0.5) is 22.4 Å². The van der Waals surface area contributed by atoms with Crippen LogP contribution in [0.5, 0.6) is 0 Å². The van der Waals surface area contributed by atoms with Crippen molar-refractivity contribution in [2.45, 2.75) is 64.8 Å². The van der Waals surface area contributed by atoms with Crippen LogP contribution in [0.25, 0.3) is 0 Å². The Morgan fingerprint density at radius 3 is 2.06 bits per heavy atom. The second-order valence-electron chi connectivity index (χ2n) is 11.9. The van der Waals surface area contributed by atoms with E-state index < -0.39 is 41.6 Å². The van der Waals surface area contributed by atoms with Crippen LogP contribution in [0.15, 0.2) is 72.8 Å². The lowest BCUT2D eigenvalue weighted by Crippen LogP contribution is -2.46. The van der Waals surface area contributed by atoms with Gasteiger partial charge in [-0.3, -0.25) is 19.2 Å². The SMILES string of the molecule is CCC(=O)[C@H](CCCCNC(=O)CN(CC(=O)NCCc1ccc(F)cc1)C(=O)c1cccc(C)c1)NC(=O)OCc1ccc(C(F)(F)F)cc1. The van der Waals surface area contributed by atoms with Gasteiger partial charge in [-0.15, -0.1) is 0 Å². The van der Waals surface area contributed by atoms with Gasteiger partial charge >= 0.3 is 12.3 Å². The molecule has 10 nitrogen and oxygen atoms in total. The number of halogens is 4. The molecule has 0 radical (unpaired) electrons. The van der Waals surface area contributed by atoms with Gasteiger partial charge in [0, 0.05) is 25.1 Å². The van der Waals surface area contributed by atoms with E-state index in [-0.39, 0.29) is 57.2 Å². The van der Waals surface area contributed by atoms with Gasteiger partial charge in [0.05, 0.1) is 11.6 Å². The zero-order valence-electron chi connectivity index (χ0n) is 28.5. The van der Waals surface area contributed by atoms with E-state index in [2.05, 4.69) is 16.0 Å². The average molecular weight is 715 g/mol. The van der Waals surface area contributed by atoms with E-state index in [0.29, 0.717) is 30.4 Å². The summed E-state index contributed by atoms with van der Waals surface area (Å²) in [6.07, 6.45) is -3.69. The normalized spacial score (nSPS) is 11.6. The van der Waals surface area contributed by atoms with Crippen molar-refractivity contribution in [2.75, 3.05) is 26.2 Å². The number of rotatable bonds is 18. The molecule has 14 heteroatoms. The Kier molecular flexibility index (Phi) is 15.6. The fourth-order valence-corrected chi connectivity index (χ4v) is 5.00. The highest BCUT2D eigenvalue weighted by molar-refractivity contribution is 5.98. The third kappa shape index (κ3) is 14.2. The maximum Gasteiger partial charge on any atom is 0.416 e. The van der Waals surface area contributed by atoms with Gasteiger partial charge in [0.25, 0.3) is 5.91 Å². The number of nitrogens with one attached hydrogen (secondary N) is 3. The van der Waals surface area contributed by atoms with Crippen molar-refractivity contribution >= 4 is 29.6 Å². The number of carbonyl (C=O) groups excluding carboxylic acids is 5. The summed E-state index contributed by atoms with van der Waals surface area (Å²) >= 11 is 0. The molecular weight excluding hydrogens is 672 g/mol. The number of benzene rings is 3. The monoisotopic (exact) mass is 714 g/mol. The van der Waals surface area contributed by atoms with Crippen molar-refractivity contribution in [1.29, 1.82) is 0 Å². The Bertz CT molecular complexity index is 1630. The summed E-state index contributed by atoms with van der Waals surface area (Å²) in [5.74, 6) is -2.08. The van der Waals surface area contributed by atoms with Gasteiger partial charge in [-0.1, -0.05) is 48.9 Å². The lowest BCUT2D eigenvalue weighted by Gasteiger charge is -2.22. The molecule has 274 valence electrons. The number of amides is 4. The van der Waals surface area contributed by atoms with Gasteiger partial charge in [-0.05, 0) is 80.1 Å². The molecule has 0 aliphatic carbocycles. The number of Topliss-reactive ketones (excluding diaryl/α,β-unsaturated/α-hetero) is 1. The molecule has 0 aromatic heterocycles. The number of ether oxygens (including phenoxy) is 1. The number of aryl methyl sites for hydroxylation is 1. The number of hydrogen-bond acceptors (Lipinski definition) is 6. The molecule has 0 spiro atoms. The lowest BCUT2D eigenvalue weighted by molar-refractivity contribution is -0.137.